The Morgan fingerprint density at radius 3 is 2.50 bits per heavy atom. The van der Waals surface area contributed by atoms with Crippen LogP contribution in [0.2, 0.25) is 0 Å². The average Bonchev–Trinajstić information content (AvgIpc) is 2.39. The van der Waals surface area contributed by atoms with Crippen molar-refractivity contribution >= 4 is 9.84 Å². The zero-order valence-electron chi connectivity index (χ0n) is 12.4. The van der Waals surface area contributed by atoms with E-state index in [-0.39, 0.29) is 11.7 Å². The van der Waals surface area contributed by atoms with E-state index in [2.05, 4.69) is 19.2 Å². The van der Waals surface area contributed by atoms with Gasteiger partial charge in [-0.1, -0.05) is 38.1 Å². The fourth-order valence-corrected chi connectivity index (χ4v) is 4.56. The van der Waals surface area contributed by atoms with Crippen molar-refractivity contribution in [1.82, 2.24) is 5.32 Å². The quantitative estimate of drug-likeness (QED) is 0.908. The Morgan fingerprint density at radius 1 is 1.25 bits per heavy atom. The van der Waals surface area contributed by atoms with Crippen molar-refractivity contribution < 1.29 is 8.42 Å². The highest BCUT2D eigenvalue weighted by molar-refractivity contribution is 7.90. The van der Waals surface area contributed by atoms with Crippen molar-refractivity contribution in [2.24, 2.45) is 5.92 Å². The average molecular weight is 295 g/mol. The summed E-state index contributed by atoms with van der Waals surface area (Å²) in [7, 11) is -3.01. The van der Waals surface area contributed by atoms with Crippen LogP contribution in [0.5, 0.6) is 0 Å². The first-order chi connectivity index (χ1) is 9.46. The lowest BCUT2D eigenvalue weighted by atomic mass is 10.0. The predicted octanol–water partition coefficient (Wildman–Crippen LogP) is 2.72. The third-order valence-corrected chi connectivity index (χ3v) is 5.67. The third kappa shape index (κ3) is 4.60. The summed E-state index contributed by atoms with van der Waals surface area (Å²) in [5.41, 5.74) is 2.15. The minimum atomic E-state index is -3.01. The molecule has 0 amide bonds. The van der Waals surface area contributed by atoms with Crippen LogP contribution in [-0.4, -0.2) is 27.3 Å². The van der Waals surface area contributed by atoms with Crippen LogP contribution in [0, 0.1) is 5.92 Å². The summed E-state index contributed by atoms with van der Waals surface area (Å²) in [6, 6.07) is 7.98. The Labute approximate surface area is 122 Å². The SMILES string of the molecule is CC(C)c1ccc(CS(=O)(=O)CC2CCCNC2)cc1. The van der Waals surface area contributed by atoms with Gasteiger partial charge in [-0.05, 0) is 48.9 Å². The highest BCUT2D eigenvalue weighted by Crippen LogP contribution is 2.18. The van der Waals surface area contributed by atoms with Gasteiger partial charge in [0.15, 0.2) is 9.84 Å². The number of rotatable bonds is 5. The molecule has 1 atom stereocenters. The van der Waals surface area contributed by atoms with E-state index in [1.165, 1.54) is 5.56 Å². The molecule has 3 nitrogen and oxygen atoms in total. The summed E-state index contributed by atoms with van der Waals surface area (Å²) >= 11 is 0. The molecule has 1 heterocycles. The first-order valence-electron chi connectivity index (χ1n) is 7.46. The molecular weight excluding hydrogens is 270 g/mol. The van der Waals surface area contributed by atoms with Gasteiger partial charge in [-0.3, -0.25) is 0 Å². The minimum Gasteiger partial charge on any atom is -0.316 e. The molecule has 1 fully saturated rings. The van der Waals surface area contributed by atoms with Crippen LogP contribution >= 0.6 is 0 Å². The zero-order valence-corrected chi connectivity index (χ0v) is 13.2. The molecule has 0 saturated carbocycles. The maximum absolute atomic E-state index is 12.3. The third-order valence-electron chi connectivity index (χ3n) is 3.92. The molecular formula is C16H25NO2S. The summed E-state index contributed by atoms with van der Waals surface area (Å²) < 4.78 is 24.5. The molecule has 1 aliphatic heterocycles. The predicted molar refractivity (Wildman–Crippen MR) is 83.6 cm³/mol. The van der Waals surface area contributed by atoms with Gasteiger partial charge in [0, 0.05) is 0 Å². The Bertz CT molecular complexity index is 514. The Kier molecular flexibility index (Phi) is 5.22. The van der Waals surface area contributed by atoms with E-state index < -0.39 is 9.84 Å². The molecule has 1 saturated heterocycles. The molecule has 0 aliphatic carbocycles. The fraction of sp³-hybridized carbons (Fsp3) is 0.625. The summed E-state index contributed by atoms with van der Waals surface area (Å²) in [4.78, 5) is 0. The summed E-state index contributed by atoms with van der Waals surface area (Å²) in [6.45, 7) is 6.14. The monoisotopic (exact) mass is 295 g/mol. The smallest absolute Gasteiger partial charge is 0.154 e. The van der Waals surface area contributed by atoms with E-state index >= 15 is 0 Å². The van der Waals surface area contributed by atoms with Gasteiger partial charge in [0.25, 0.3) is 0 Å². The second-order valence-corrected chi connectivity index (χ2v) is 8.27. The molecule has 0 bridgehead atoms. The van der Waals surface area contributed by atoms with Crippen molar-refractivity contribution in [1.29, 1.82) is 0 Å². The number of sulfone groups is 1. The molecule has 1 unspecified atom stereocenters. The lowest BCUT2D eigenvalue weighted by molar-refractivity contribution is 0.404. The van der Waals surface area contributed by atoms with E-state index in [0.29, 0.717) is 11.7 Å². The van der Waals surface area contributed by atoms with E-state index in [1.807, 2.05) is 24.3 Å². The molecule has 1 N–H and O–H groups in total. The molecule has 20 heavy (non-hydrogen) atoms. The molecule has 0 aromatic heterocycles. The molecule has 0 radical (unpaired) electrons. The van der Waals surface area contributed by atoms with Gasteiger partial charge in [-0.15, -0.1) is 0 Å². The van der Waals surface area contributed by atoms with Crippen LogP contribution in [0.1, 0.15) is 43.7 Å². The van der Waals surface area contributed by atoms with Gasteiger partial charge >= 0.3 is 0 Å². The number of benzene rings is 1. The molecule has 4 heteroatoms. The molecule has 112 valence electrons. The maximum atomic E-state index is 12.3. The lowest BCUT2D eigenvalue weighted by Crippen LogP contribution is -2.34. The van der Waals surface area contributed by atoms with Gasteiger partial charge in [-0.25, -0.2) is 8.42 Å². The van der Waals surface area contributed by atoms with Crippen LogP contribution in [0.4, 0.5) is 0 Å². The minimum absolute atomic E-state index is 0.169. The maximum Gasteiger partial charge on any atom is 0.154 e. The number of hydrogen-bond acceptors (Lipinski definition) is 3. The lowest BCUT2D eigenvalue weighted by Gasteiger charge is -2.22. The van der Waals surface area contributed by atoms with Crippen molar-refractivity contribution in [2.45, 2.75) is 38.4 Å². The van der Waals surface area contributed by atoms with Gasteiger partial charge in [0.1, 0.15) is 0 Å². The van der Waals surface area contributed by atoms with Crippen LogP contribution < -0.4 is 5.32 Å². The van der Waals surface area contributed by atoms with Crippen molar-refractivity contribution in [3.05, 3.63) is 35.4 Å². The van der Waals surface area contributed by atoms with Gasteiger partial charge in [0.05, 0.1) is 11.5 Å². The molecule has 1 aromatic carbocycles. The highest BCUT2D eigenvalue weighted by atomic mass is 32.2. The largest absolute Gasteiger partial charge is 0.316 e. The summed E-state index contributed by atoms with van der Waals surface area (Å²) in [5.74, 6) is 1.24. The summed E-state index contributed by atoms with van der Waals surface area (Å²) in [5, 5.41) is 3.28. The van der Waals surface area contributed by atoms with Crippen molar-refractivity contribution in [3.8, 4) is 0 Å². The van der Waals surface area contributed by atoms with E-state index in [9.17, 15) is 8.42 Å². The second kappa shape index (κ2) is 6.72. The number of nitrogens with one attached hydrogen (secondary N) is 1. The van der Waals surface area contributed by atoms with Gasteiger partial charge in [0.2, 0.25) is 0 Å². The number of hydrogen-bond donors (Lipinski definition) is 1. The standard InChI is InChI=1S/C16H25NO2S/c1-13(2)16-7-5-14(6-8-16)11-20(18,19)12-15-4-3-9-17-10-15/h5-8,13,15,17H,3-4,9-12H2,1-2H3. The molecule has 0 spiro atoms. The van der Waals surface area contributed by atoms with Crippen LogP contribution in [0.25, 0.3) is 0 Å². The molecule has 1 aromatic rings. The van der Waals surface area contributed by atoms with Crippen molar-refractivity contribution in [3.63, 3.8) is 0 Å². The zero-order chi connectivity index (χ0) is 14.6. The first kappa shape index (κ1) is 15.5. The normalized spacial score (nSPS) is 20.2. The fourth-order valence-electron chi connectivity index (χ4n) is 2.74. The van der Waals surface area contributed by atoms with Gasteiger partial charge in [-0.2, -0.15) is 0 Å². The topological polar surface area (TPSA) is 46.2 Å². The van der Waals surface area contributed by atoms with Crippen LogP contribution in [0.3, 0.4) is 0 Å². The number of piperidine rings is 1. The first-order valence-corrected chi connectivity index (χ1v) is 9.28. The van der Waals surface area contributed by atoms with Gasteiger partial charge < -0.3 is 5.32 Å². The van der Waals surface area contributed by atoms with Crippen LogP contribution in [-0.2, 0) is 15.6 Å². The van der Waals surface area contributed by atoms with E-state index in [0.717, 1.165) is 31.5 Å². The van der Waals surface area contributed by atoms with Crippen LogP contribution in [0.15, 0.2) is 24.3 Å². The Hall–Kier alpha value is -0.870. The Morgan fingerprint density at radius 2 is 1.95 bits per heavy atom. The Balaban J connectivity index is 1.96. The second-order valence-electron chi connectivity index (χ2n) is 6.16. The van der Waals surface area contributed by atoms with E-state index in [4.69, 9.17) is 0 Å². The summed E-state index contributed by atoms with van der Waals surface area (Å²) in [6.07, 6.45) is 2.11. The van der Waals surface area contributed by atoms with E-state index in [1.54, 1.807) is 0 Å². The highest BCUT2D eigenvalue weighted by Gasteiger charge is 2.21. The molecule has 2 rings (SSSR count). The molecule has 1 aliphatic rings. The van der Waals surface area contributed by atoms with Crippen molar-refractivity contribution in [2.75, 3.05) is 18.8 Å².